The van der Waals surface area contributed by atoms with Crippen molar-refractivity contribution < 1.29 is 4.79 Å². The van der Waals surface area contributed by atoms with Crippen LogP contribution in [0.25, 0.3) is 0 Å². The molecular formula is C16H23NO. The summed E-state index contributed by atoms with van der Waals surface area (Å²) in [6, 6.07) is 8.47. The summed E-state index contributed by atoms with van der Waals surface area (Å²) in [5.41, 5.74) is 8.33. The molecule has 98 valence electrons. The number of carbonyl (C=O) groups is 1. The van der Waals surface area contributed by atoms with Crippen LogP contribution in [0.1, 0.15) is 49.7 Å². The summed E-state index contributed by atoms with van der Waals surface area (Å²) in [5.74, 6) is 1.48. The lowest BCUT2D eigenvalue weighted by Gasteiger charge is -2.29. The predicted octanol–water partition coefficient (Wildman–Crippen LogP) is 3.05. The Balaban J connectivity index is 1.73. The van der Waals surface area contributed by atoms with E-state index >= 15 is 0 Å². The van der Waals surface area contributed by atoms with Gasteiger partial charge in [0.2, 0.25) is 0 Å². The van der Waals surface area contributed by atoms with Gasteiger partial charge in [-0.25, -0.2) is 0 Å². The molecule has 0 radical (unpaired) electrons. The second-order valence-electron chi connectivity index (χ2n) is 5.56. The SMILES string of the molecule is CC(CCN)CCC(=O)CC1Cc2ccccc21. The van der Waals surface area contributed by atoms with Crippen LogP contribution in [0.15, 0.2) is 24.3 Å². The van der Waals surface area contributed by atoms with Gasteiger partial charge < -0.3 is 5.73 Å². The highest BCUT2D eigenvalue weighted by molar-refractivity contribution is 5.79. The number of ketones is 1. The van der Waals surface area contributed by atoms with Crippen molar-refractivity contribution in [3.05, 3.63) is 35.4 Å². The molecule has 0 bridgehead atoms. The lowest BCUT2D eigenvalue weighted by Crippen LogP contribution is -2.20. The van der Waals surface area contributed by atoms with Crippen molar-refractivity contribution in [1.82, 2.24) is 0 Å². The van der Waals surface area contributed by atoms with Crippen LogP contribution in [0, 0.1) is 5.92 Å². The molecule has 1 aromatic rings. The molecule has 0 aromatic heterocycles. The molecule has 0 fully saturated rings. The van der Waals surface area contributed by atoms with E-state index in [-0.39, 0.29) is 0 Å². The smallest absolute Gasteiger partial charge is 0.133 e. The molecule has 0 amide bonds. The minimum atomic E-state index is 0.415. The average Bonchev–Trinajstić information content (AvgIpc) is 2.34. The van der Waals surface area contributed by atoms with Gasteiger partial charge in [0.05, 0.1) is 0 Å². The molecule has 0 spiro atoms. The first-order chi connectivity index (χ1) is 8.70. The topological polar surface area (TPSA) is 43.1 Å². The van der Waals surface area contributed by atoms with Crippen molar-refractivity contribution in [3.63, 3.8) is 0 Å². The predicted molar refractivity (Wildman–Crippen MR) is 74.6 cm³/mol. The van der Waals surface area contributed by atoms with E-state index in [1.54, 1.807) is 0 Å². The number of carbonyl (C=O) groups excluding carboxylic acids is 1. The molecule has 2 heteroatoms. The van der Waals surface area contributed by atoms with Crippen LogP contribution in [-0.4, -0.2) is 12.3 Å². The minimum Gasteiger partial charge on any atom is -0.330 e. The van der Waals surface area contributed by atoms with Gasteiger partial charge in [-0.1, -0.05) is 31.2 Å². The Labute approximate surface area is 110 Å². The fraction of sp³-hybridized carbons (Fsp3) is 0.562. The quantitative estimate of drug-likeness (QED) is 0.802. The molecule has 0 saturated carbocycles. The van der Waals surface area contributed by atoms with Crippen LogP contribution in [0.5, 0.6) is 0 Å². The molecule has 0 aliphatic heterocycles. The van der Waals surface area contributed by atoms with Crippen molar-refractivity contribution in [2.24, 2.45) is 11.7 Å². The van der Waals surface area contributed by atoms with E-state index in [4.69, 9.17) is 5.73 Å². The van der Waals surface area contributed by atoms with Crippen molar-refractivity contribution >= 4 is 5.78 Å². The second-order valence-corrected chi connectivity index (χ2v) is 5.56. The highest BCUT2D eigenvalue weighted by Gasteiger charge is 2.27. The Morgan fingerprint density at radius 3 is 2.89 bits per heavy atom. The number of benzene rings is 1. The zero-order valence-electron chi connectivity index (χ0n) is 11.2. The van der Waals surface area contributed by atoms with Crippen molar-refractivity contribution in [1.29, 1.82) is 0 Å². The molecule has 18 heavy (non-hydrogen) atoms. The molecule has 2 N–H and O–H groups in total. The van der Waals surface area contributed by atoms with Crippen LogP contribution in [0.4, 0.5) is 0 Å². The summed E-state index contributed by atoms with van der Waals surface area (Å²) in [4.78, 5) is 11.9. The molecule has 2 nitrogen and oxygen atoms in total. The molecule has 1 aromatic carbocycles. The summed E-state index contributed by atoms with van der Waals surface area (Å²) in [6.07, 6.45) is 4.55. The summed E-state index contributed by atoms with van der Waals surface area (Å²) >= 11 is 0. The van der Waals surface area contributed by atoms with Crippen LogP contribution < -0.4 is 5.73 Å². The number of nitrogens with two attached hydrogens (primary N) is 1. The van der Waals surface area contributed by atoms with Gasteiger partial charge in [-0.2, -0.15) is 0 Å². The van der Waals surface area contributed by atoms with Gasteiger partial charge in [0, 0.05) is 12.8 Å². The Kier molecular flexibility index (Phi) is 4.54. The normalized spacial score (nSPS) is 18.9. The lowest BCUT2D eigenvalue weighted by atomic mass is 9.74. The summed E-state index contributed by atoms with van der Waals surface area (Å²) in [6.45, 7) is 2.91. The first-order valence-corrected chi connectivity index (χ1v) is 7.00. The highest BCUT2D eigenvalue weighted by Crippen LogP contribution is 2.37. The largest absolute Gasteiger partial charge is 0.330 e. The maximum absolute atomic E-state index is 11.9. The van der Waals surface area contributed by atoms with E-state index in [0.29, 0.717) is 17.6 Å². The summed E-state index contributed by atoms with van der Waals surface area (Å²) < 4.78 is 0. The number of Topliss-reactive ketones (excluding diaryl/α,β-unsaturated/α-hetero) is 1. The molecule has 1 aliphatic carbocycles. The highest BCUT2D eigenvalue weighted by atomic mass is 16.1. The Hall–Kier alpha value is -1.15. The number of rotatable bonds is 7. The first kappa shape index (κ1) is 13.3. The van der Waals surface area contributed by atoms with Crippen molar-refractivity contribution in [2.45, 2.75) is 44.9 Å². The Morgan fingerprint density at radius 1 is 1.39 bits per heavy atom. The van der Waals surface area contributed by atoms with Gasteiger partial charge in [0.1, 0.15) is 5.78 Å². The van der Waals surface area contributed by atoms with E-state index < -0.39 is 0 Å². The Bertz CT molecular complexity index is 413. The van der Waals surface area contributed by atoms with E-state index in [1.807, 2.05) is 0 Å². The lowest BCUT2D eigenvalue weighted by molar-refractivity contribution is -0.119. The monoisotopic (exact) mass is 245 g/mol. The fourth-order valence-electron chi connectivity index (χ4n) is 2.76. The van der Waals surface area contributed by atoms with E-state index in [9.17, 15) is 4.79 Å². The summed E-state index contributed by atoms with van der Waals surface area (Å²) in [5, 5.41) is 0. The number of hydrogen-bond donors (Lipinski definition) is 1. The average molecular weight is 245 g/mol. The molecule has 1 aliphatic rings. The van der Waals surface area contributed by atoms with Gasteiger partial charge in [0.15, 0.2) is 0 Å². The van der Waals surface area contributed by atoms with Crippen molar-refractivity contribution in [2.75, 3.05) is 6.54 Å². The number of hydrogen-bond acceptors (Lipinski definition) is 2. The third kappa shape index (κ3) is 3.20. The zero-order chi connectivity index (χ0) is 13.0. The number of fused-ring (bicyclic) bond motifs is 1. The first-order valence-electron chi connectivity index (χ1n) is 7.00. The molecular weight excluding hydrogens is 222 g/mol. The molecule has 0 saturated heterocycles. The van der Waals surface area contributed by atoms with Gasteiger partial charge in [0.25, 0.3) is 0 Å². The maximum atomic E-state index is 11.9. The van der Waals surface area contributed by atoms with Gasteiger partial charge in [-0.3, -0.25) is 4.79 Å². The van der Waals surface area contributed by atoms with Crippen LogP contribution in [-0.2, 0) is 11.2 Å². The zero-order valence-corrected chi connectivity index (χ0v) is 11.2. The third-order valence-electron chi connectivity index (χ3n) is 4.01. The Morgan fingerprint density at radius 2 is 2.17 bits per heavy atom. The molecule has 2 rings (SSSR count). The van der Waals surface area contributed by atoms with Crippen molar-refractivity contribution in [3.8, 4) is 0 Å². The molecule has 2 unspecified atom stereocenters. The van der Waals surface area contributed by atoms with Crippen LogP contribution in [0.3, 0.4) is 0 Å². The van der Waals surface area contributed by atoms with Gasteiger partial charge in [-0.15, -0.1) is 0 Å². The molecule has 2 atom stereocenters. The van der Waals surface area contributed by atoms with E-state index in [2.05, 4.69) is 31.2 Å². The third-order valence-corrected chi connectivity index (χ3v) is 4.01. The minimum absolute atomic E-state index is 0.415. The van der Waals surface area contributed by atoms with Gasteiger partial charge >= 0.3 is 0 Å². The van der Waals surface area contributed by atoms with Gasteiger partial charge in [-0.05, 0) is 48.8 Å². The van der Waals surface area contributed by atoms with E-state index in [0.717, 1.165) is 38.6 Å². The van der Waals surface area contributed by atoms with Crippen LogP contribution in [0.2, 0.25) is 0 Å². The fourth-order valence-corrected chi connectivity index (χ4v) is 2.76. The second kappa shape index (κ2) is 6.14. The maximum Gasteiger partial charge on any atom is 0.133 e. The van der Waals surface area contributed by atoms with Crippen LogP contribution >= 0.6 is 0 Å². The summed E-state index contributed by atoms with van der Waals surface area (Å²) in [7, 11) is 0. The molecule has 0 heterocycles. The van der Waals surface area contributed by atoms with E-state index in [1.165, 1.54) is 11.1 Å². The standard InChI is InChI=1S/C16H23NO/c1-12(8-9-17)6-7-15(18)11-14-10-13-4-2-3-5-16(13)14/h2-5,12,14H,6-11,17H2,1H3.